The molecule has 3 rings (SSSR count). The number of hydrogen-bond acceptors (Lipinski definition) is 7. The number of ether oxygens (including phenoxy) is 2. The quantitative estimate of drug-likeness (QED) is 0.520. The highest BCUT2D eigenvalue weighted by Crippen LogP contribution is 2.35. The summed E-state index contributed by atoms with van der Waals surface area (Å²) >= 11 is 0. The van der Waals surface area contributed by atoms with Crippen molar-refractivity contribution in [3.05, 3.63) is 52.1 Å². The summed E-state index contributed by atoms with van der Waals surface area (Å²) in [5.74, 6) is 1.28. The van der Waals surface area contributed by atoms with Crippen LogP contribution < -0.4 is 19.5 Å². The van der Waals surface area contributed by atoms with E-state index < -0.39 is 14.9 Å². The molecule has 0 radical (unpaired) electrons. The summed E-state index contributed by atoms with van der Waals surface area (Å²) in [6.07, 6.45) is 0. The molecule has 0 saturated carbocycles. The summed E-state index contributed by atoms with van der Waals surface area (Å²) in [7, 11) is -3.84. The average molecular weight is 421 g/mol. The van der Waals surface area contributed by atoms with Gasteiger partial charge in [-0.1, -0.05) is 6.07 Å². The highest BCUT2D eigenvalue weighted by molar-refractivity contribution is 7.89. The molecule has 1 aliphatic heterocycles. The maximum atomic E-state index is 12.3. The predicted molar refractivity (Wildman–Crippen MR) is 108 cm³/mol. The van der Waals surface area contributed by atoms with E-state index >= 15 is 0 Å². The van der Waals surface area contributed by atoms with E-state index in [-0.39, 0.29) is 28.4 Å². The van der Waals surface area contributed by atoms with Crippen molar-refractivity contribution >= 4 is 21.4 Å². The minimum atomic E-state index is -3.84. The van der Waals surface area contributed by atoms with E-state index in [1.807, 2.05) is 19.1 Å². The van der Waals surface area contributed by atoms with Crippen LogP contribution in [0.4, 0.5) is 11.4 Å². The number of nitrogens with one attached hydrogen (secondary N) is 2. The molecule has 0 unspecified atom stereocenters. The molecule has 10 heteroatoms. The molecule has 1 aliphatic rings. The number of anilines is 1. The molecule has 0 bridgehead atoms. The van der Waals surface area contributed by atoms with Crippen molar-refractivity contribution in [2.45, 2.75) is 37.8 Å². The van der Waals surface area contributed by atoms with E-state index in [1.165, 1.54) is 12.1 Å². The van der Waals surface area contributed by atoms with Gasteiger partial charge in [-0.25, -0.2) is 13.1 Å². The third-order valence-electron chi connectivity index (χ3n) is 4.31. The lowest BCUT2D eigenvalue weighted by molar-refractivity contribution is -0.384. The number of hydrogen-bond donors (Lipinski definition) is 2. The first kappa shape index (κ1) is 20.9. The number of nitro groups is 1. The van der Waals surface area contributed by atoms with E-state index in [0.29, 0.717) is 24.7 Å². The van der Waals surface area contributed by atoms with Crippen LogP contribution in [0.5, 0.6) is 11.5 Å². The van der Waals surface area contributed by atoms with E-state index in [0.717, 1.165) is 11.6 Å². The standard InChI is InChI=1S/C19H23N3O6S/c1-12(2)21-29(25,26)15-5-6-16(17(11-15)22(23)24)20-13(3)14-4-7-18-19(10-14)28-9-8-27-18/h4-7,10-13,20-21H,8-9H2,1-3H3/t13-/m0/s1. The van der Waals surface area contributed by atoms with Gasteiger partial charge in [-0.3, -0.25) is 10.1 Å². The second-order valence-electron chi connectivity index (χ2n) is 6.98. The van der Waals surface area contributed by atoms with Gasteiger partial charge in [0.2, 0.25) is 10.0 Å². The van der Waals surface area contributed by atoms with E-state index in [4.69, 9.17) is 9.47 Å². The van der Waals surface area contributed by atoms with Crippen LogP contribution in [0.1, 0.15) is 32.4 Å². The smallest absolute Gasteiger partial charge is 0.293 e. The maximum Gasteiger partial charge on any atom is 0.293 e. The molecule has 1 atom stereocenters. The molecule has 0 spiro atoms. The molecule has 2 aromatic rings. The zero-order valence-electron chi connectivity index (χ0n) is 16.3. The lowest BCUT2D eigenvalue weighted by Crippen LogP contribution is -2.30. The molecule has 0 amide bonds. The minimum Gasteiger partial charge on any atom is -0.486 e. The zero-order chi connectivity index (χ0) is 21.2. The Labute approximate surface area is 169 Å². The van der Waals surface area contributed by atoms with Gasteiger partial charge in [0.15, 0.2) is 11.5 Å². The van der Waals surface area contributed by atoms with Crippen molar-refractivity contribution in [3.63, 3.8) is 0 Å². The first-order chi connectivity index (χ1) is 13.7. The second kappa shape index (κ2) is 8.26. The number of nitrogens with zero attached hydrogens (tertiary/aromatic N) is 1. The first-order valence-electron chi connectivity index (χ1n) is 9.14. The van der Waals surface area contributed by atoms with Gasteiger partial charge in [-0.15, -0.1) is 0 Å². The Morgan fingerprint density at radius 3 is 2.38 bits per heavy atom. The molecule has 1 heterocycles. The normalized spacial score (nSPS) is 14.5. The third-order valence-corrected chi connectivity index (χ3v) is 5.96. The first-order valence-corrected chi connectivity index (χ1v) is 10.6. The molecule has 2 aromatic carbocycles. The van der Waals surface area contributed by atoms with E-state index in [9.17, 15) is 18.5 Å². The van der Waals surface area contributed by atoms with Crippen LogP contribution in [0.25, 0.3) is 0 Å². The van der Waals surface area contributed by atoms with Crippen LogP contribution in [0, 0.1) is 10.1 Å². The third kappa shape index (κ3) is 4.77. The van der Waals surface area contributed by atoms with Crippen LogP contribution in [0.3, 0.4) is 0 Å². The van der Waals surface area contributed by atoms with Gasteiger partial charge >= 0.3 is 0 Å². The SMILES string of the molecule is CC(C)NS(=O)(=O)c1ccc(N[C@@H](C)c2ccc3c(c2)OCCO3)c([N+](=O)[O-])c1. The topological polar surface area (TPSA) is 120 Å². The van der Waals surface area contributed by atoms with Crippen LogP contribution >= 0.6 is 0 Å². The molecule has 0 aliphatic carbocycles. The number of fused-ring (bicyclic) bond motifs is 1. The molecule has 29 heavy (non-hydrogen) atoms. The lowest BCUT2D eigenvalue weighted by atomic mass is 10.1. The summed E-state index contributed by atoms with van der Waals surface area (Å²) in [6, 6.07) is 8.66. The molecule has 0 fully saturated rings. The summed E-state index contributed by atoms with van der Waals surface area (Å²) in [4.78, 5) is 10.8. The van der Waals surface area contributed by atoms with Crippen molar-refractivity contribution in [2.24, 2.45) is 0 Å². The number of rotatable bonds is 7. The molecular formula is C19H23N3O6S. The summed E-state index contributed by atoms with van der Waals surface area (Å²) < 4.78 is 38.2. The summed E-state index contributed by atoms with van der Waals surface area (Å²) in [5, 5.41) is 14.6. The fourth-order valence-corrected chi connectivity index (χ4v) is 4.25. The maximum absolute atomic E-state index is 12.3. The Bertz CT molecular complexity index is 1020. The highest BCUT2D eigenvalue weighted by Gasteiger charge is 2.23. The summed E-state index contributed by atoms with van der Waals surface area (Å²) in [6.45, 7) is 6.16. The van der Waals surface area contributed by atoms with Crippen LogP contribution in [0.15, 0.2) is 41.3 Å². The predicted octanol–water partition coefficient (Wildman–Crippen LogP) is 3.23. The molecule has 0 aromatic heterocycles. The molecule has 0 saturated heterocycles. The molecule has 9 nitrogen and oxygen atoms in total. The van der Waals surface area contributed by atoms with Crippen molar-refractivity contribution in [3.8, 4) is 11.5 Å². The van der Waals surface area contributed by atoms with Gasteiger partial charge in [0.1, 0.15) is 18.9 Å². The number of sulfonamides is 1. The Morgan fingerprint density at radius 2 is 1.72 bits per heavy atom. The van der Waals surface area contributed by atoms with E-state index in [1.54, 1.807) is 19.9 Å². The lowest BCUT2D eigenvalue weighted by Gasteiger charge is -2.21. The van der Waals surface area contributed by atoms with Gasteiger partial charge in [-0.2, -0.15) is 0 Å². The molecular weight excluding hydrogens is 398 g/mol. The number of benzene rings is 2. The largest absolute Gasteiger partial charge is 0.486 e. The second-order valence-corrected chi connectivity index (χ2v) is 8.70. The molecule has 2 N–H and O–H groups in total. The van der Waals surface area contributed by atoms with Crippen LogP contribution in [0.2, 0.25) is 0 Å². The monoisotopic (exact) mass is 421 g/mol. The minimum absolute atomic E-state index is 0.157. The van der Waals surface area contributed by atoms with Crippen LogP contribution in [-0.4, -0.2) is 32.6 Å². The average Bonchev–Trinajstić information content (AvgIpc) is 2.66. The van der Waals surface area contributed by atoms with Gasteiger partial charge in [0.05, 0.1) is 9.82 Å². The number of nitro benzene ring substituents is 1. The fraction of sp³-hybridized carbons (Fsp3) is 0.368. The van der Waals surface area contributed by atoms with E-state index in [2.05, 4.69) is 10.0 Å². The van der Waals surface area contributed by atoms with Gasteiger partial charge < -0.3 is 14.8 Å². The zero-order valence-corrected chi connectivity index (χ0v) is 17.2. The Morgan fingerprint density at radius 1 is 1.03 bits per heavy atom. The van der Waals surface area contributed by atoms with Gasteiger partial charge in [0, 0.05) is 18.2 Å². The molecule has 156 valence electrons. The van der Waals surface area contributed by atoms with Crippen LogP contribution in [-0.2, 0) is 10.0 Å². The van der Waals surface area contributed by atoms with Crippen molar-refractivity contribution in [1.29, 1.82) is 0 Å². The van der Waals surface area contributed by atoms with Crippen molar-refractivity contribution in [1.82, 2.24) is 4.72 Å². The van der Waals surface area contributed by atoms with Crippen molar-refractivity contribution in [2.75, 3.05) is 18.5 Å². The van der Waals surface area contributed by atoms with Crippen molar-refractivity contribution < 1.29 is 22.8 Å². The fourth-order valence-electron chi connectivity index (χ4n) is 2.98. The Balaban J connectivity index is 1.87. The Hall–Kier alpha value is -2.85. The summed E-state index contributed by atoms with van der Waals surface area (Å²) in [5.41, 5.74) is 0.753. The van der Waals surface area contributed by atoms with Gasteiger partial charge in [-0.05, 0) is 50.6 Å². The Kier molecular flexibility index (Phi) is 5.94. The highest BCUT2D eigenvalue weighted by atomic mass is 32.2. The van der Waals surface area contributed by atoms with Gasteiger partial charge in [0.25, 0.3) is 5.69 Å².